The zero-order valence-corrected chi connectivity index (χ0v) is 20.3. The Morgan fingerprint density at radius 1 is 1.14 bits per heavy atom. The summed E-state index contributed by atoms with van der Waals surface area (Å²) in [6.45, 7) is 3.64. The predicted octanol–water partition coefficient (Wildman–Crippen LogP) is 5.30. The molecule has 0 aliphatic rings. The van der Waals surface area contributed by atoms with E-state index in [4.69, 9.17) is 4.74 Å². The van der Waals surface area contributed by atoms with Gasteiger partial charge in [0.25, 0.3) is 11.8 Å². The standard InChI is InChI=1S/C23H20F4N4O4S/c1-12-17(23(25,26)27)11-28-22(35-18-8-9-19(24)29-13(18)2)20(12)21(33)30-15-6-5-7-16(10-15)36(4,34)31-14(3)32/h5-11H,1-4H3,(H,30,33)/t36-/m1/s1. The number of benzene rings is 1. The monoisotopic (exact) mass is 524 g/mol. The summed E-state index contributed by atoms with van der Waals surface area (Å²) in [5.41, 5.74) is -1.97. The maximum absolute atomic E-state index is 13.5. The van der Waals surface area contributed by atoms with Crippen LogP contribution in [0.4, 0.5) is 23.2 Å². The van der Waals surface area contributed by atoms with Crippen LogP contribution in [0.2, 0.25) is 0 Å². The third-order valence-electron chi connectivity index (χ3n) is 4.88. The van der Waals surface area contributed by atoms with E-state index in [1.165, 1.54) is 43.5 Å². The molecule has 0 saturated carbocycles. The van der Waals surface area contributed by atoms with Crippen molar-refractivity contribution in [2.45, 2.75) is 31.8 Å². The summed E-state index contributed by atoms with van der Waals surface area (Å²) in [6.07, 6.45) is -3.04. The van der Waals surface area contributed by atoms with Crippen LogP contribution in [0.5, 0.6) is 11.6 Å². The lowest BCUT2D eigenvalue weighted by Gasteiger charge is -2.17. The lowest BCUT2D eigenvalue weighted by molar-refractivity contribution is -0.138. The second-order valence-electron chi connectivity index (χ2n) is 7.69. The van der Waals surface area contributed by atoms with Crippen molar-refractivity contribution in [3.63, 3.8) is 0 Å². The van der Waals surface area contributed by atoms with E-state index >= 15 is 0 Å². The van der Waals surface area contributed by atoms with Gasteiger partial charge in [0.2, 0.25) is 11.8 Å². The highest BCUT2D eigenvalue weighted by atomic mass is 32.2. The van der Waals surface area contributed by atoms with Crippen LogP contribution in [0.25, 0.3) is 0 Å². The van der Waals surface area contributed by atoms with Gasteiger partial charge in [-0.1, -0.05) is 6.07 Å². The summed E-state index contributed by atoms with van der Waals surface area (Å²) in [5, 5.41) is 2.44. The molecule has 2 aromatic heterocycles. The van der Waals surface area contributed by atoms with E-state index in [1.54, 1.807) is 0 Å². The minimum Gasteiger partial charge on any atom is -0.436 e. The molecule has 0 radical (unpaired) electrons. The van der Waals surface area contributed by atoms with E-state index in [0.717, 1.165) is 19.9 Å². The number of pyridine rings is 2. The first-order valence-corrected chi connectivity index (χ1v) is 12.1. The van der Waals surface area contributed by atoms with Gasteiger partial charge in [-0.2, -0.15) is 21.9 Å². The van der Waals surface area contributed by atoms with Crippen molar-refractivity contribution in [1.82, 2.24) is 9.97 Å². The molecule has 0 aliphatic carbocycles. The van der Waals surface area contributed by atoms with Gasteiger partial charge in [-0.25, -0.2) is 14.2 Å². The molecule has 1 aromatic carbocycles. The van der Waals surface area contributed by atoms with Gasteiger partial charge < -0.3 is 10.1 Å². The average molecular weight is 524 g/mol. The van der Waals surface area contributed by atoms with Crippen molar-refractivity contribution in [3.8, 4) is 11.6 Å². The molecule has 0 aliphatic heterocycles. The van der Waals surface area contributed by atoms with Crippen molar-refractivity contribution >= 4 is 27.2 Å². The summed E-state index contributed by atoms with van der Waals surface area (Å²) < 4.78 is 75.8. The molecule has 1 N–H and O–H groups in total. The van der Waals surface area contributed by atoms with E-state index in [1.807, 2.05) is 0 Å². The number of carbonyl (C=O) groups excluding carboxylic acids is 2. The fraction of sp³-hybridized carbons (Fsp3) is 0.217. The molecule has 2 amide bonds. The van der Waals surface area contributed by atoms with Crippen LogP contribution >= 0.6 is 0 Å². The number of hydrogen-bond acceptors (Lipinski definition) is 6. The van der Waals surface area contributed by atoms with Crippen molar-refractivity contribution in [3.05, 3.63) is 70.9 Å². The predicted molar refractivity (Wildman–Crippen MR) is 123 cm³/mol. The molecular formula is C23H20F4N4O4S. The molecule has 0 spiro atoms. The largest absolute Gasteiger partial charge is 0.436 e. The molecule has 0 unspecified atom stereocenters. The lowest BCUT2D eigenvalue weighted by atomic mass is 10.0. The first kappa shape index (κ1) is 26.7. The van der Waals surface area contributed by atoms with E-state index in [-0.39, 0.29) is 22.0 Å². The summed E-state index contributed by atoms with van der Waals surface area (Å²) in [6, 6.07) is 7.76. The Labute approximate surface area is 203 Å². The summed E-state index contributed by atoms with van der Waals surface area (Å²) >= 11 is 0. The number of alkyl halides is 3. The van der Waals surface area contributed by atoms with Crippen LogP contribution in [-0.2, 0) is 20.7 Å². The third kappa shape index (κ3) is 6.03. The van der Waals surface area contributed by atoms with E-state index in [2.05, 4.69) is 19.6 Å². The minimum atomic E-state index is -4.81. The minimum absolute atomic E-state index is 0.0179. The molecule has 8 nitrogen and oxygen atoms in total. The maximum Gasteiger partial charge on any atom is 0.418 e. The van der Waals surface area contributed by atoms with Gasteiger partial charge in [0.15, 0.2) is 5.75 Å². The SMILES string of the molecule is CC(=O)N=[S@](C)(=O)c1cccc(NC(=O)c2c(Oc3ccc(F)nc3C)ncc(C(F)(F)F)c2C)c1. The van der Waals surface area contributed by atoms with Crippen LogP contribution in [0.3, 0.4) is 0 Å². The van der Waals surface area contributed by atoms with Crippen LogP contribution in [0.15, 0.2) is 51.9 Å². The smallest absolute Gasteiger partial charge is 0.418 e. The topological polar surface area (TPSA) is 111 Å². The number of aryl methyl sites for hydroxylation is 1. The summed E-state index contributed by atoms with van der Waals surface area (Å²) in [7, 11) is -3.12. The number of hydrogen-bond donors (Lipinski definition) is 1. The average Bonchev–Trinajstić information content (AvgIpc) is 2.74. The first-order valence-electron chi connectivity index (χ1n) is 10.2. The second kappa shape index (κ2) is 10.0. The fourth-order valence-electron chi connectivity index (χ4n) is 3.24. The number of rotatable bonds is 5. The molecule has 3 aromatic rings. The Hall–Kier alpha value is -3.87. The van der Waals surface area contributed by atoms with Gasteiger partial charge >= 0.3 is 6.18 Å². The summed E-state index contributed by atoms with van der Waals surface area (Å²) in [5.74, 6) is -2.93. The Balaban J connectivity index is 2.07. The quantitative estimate of drug-likeness (QED) is 0.358. The molecule has 36 heavy (non-hydrogen) atoms. The number of nitrogens with one attached hydrogen (secondary N) is 1. The van der Waals surface area contributed by atoms with Crippen LogP contribution < -0.4 is 10.1 Å². The van der Waals surface area contributed by atoms with Gasteiger partial charge in [0, 0.05) is 30.0 Å². The second-order valence-corrected chi connectivity index (χ2v) is 9.95. The van der Waals surface area contributed by atoms with Crippen LogP contribution in [0.1, 0.15) is 34.1 Å². The molecule has 13 heteroatoms. The zero-order chi connectivity index (χ0) is 26.8. The van der Waals surface area contributed by atoms with Crippen molar-refractivity contribution < 1.29 is 36.1 Å². The van der Waals surface area contributed by atoms with Crippen LogP contribution in [0, 0.1) is 19.8 Å². The molecular weight excluding hydrogens is 504 g/mol. The molecule has 0 saturated heterocycles. The molecule has 1 atom stereocenters. The Bertz CT molecular complexity index is 1480. The number of carbonyl (C=O) groups is 2. The normalized spacial score (nSPS) is 13.0. The fourth-order valence-corrected chi connectivity index (χ4v) is 4.51. The van der Waals surface area contributed by atoms with Crippen molar-refractivity contribution in [1.29, 1.82) is 0 Å². The number of ether oxygens (including phenoxy) is 1. The van der Waals surface area contributed by atoms with Crippen LogP contribution in [-0.4, -0.2) is 32.2 Å². The van der Waals surface area contributed by atoms with E-state index in [9.17, 15) is 31.4 Å². The van der Waals surface area contributed by atoms with Gasteiger partial charge in [0.05, 0.1) is 21.0 Å². The van der Waals surface area contributed by atoms with Crippen molar-refractivity contribution in [2.75, 3.05) is 11.6 Å². The highest BCUT2D eigenvalue weighted by Crippen LogP contribution is 2.37. The Morgan fingerprint density at radius 2 is 1.83 bits per heavy atom. The highest BCUT2D eigenvalue weighted by molar-refractivity contribution is 7.93. The highest BCUT2D eigenvalue weighted by Gasteiger charge is 2.36. The molecule has 190 valence electrons. The van der Waals surface area contributed by atoms with Gasteiger partial charge in [-0.15, -0.1) is 0 Å². The van der Waals surface area contributed by atoms with Gasteiger partial charge in [-0.05, 0) is 49.7 Å². The zero-order valence-electron chi connectivity index (χ0n) is 19.4. The number of nitrogens with zero attached hydrogens (tertiary/aromatic N) is 3. The molecule has 3 rings (SSSR count). The van der Waals surface area contributed by atoms with Crippen molar-refractivity contribution in [2.24, 2.45) is 4.36 Å². The molecule has 0 bridgehead atoms. The van der Waals surface area contributed by atoms with Gasteiger partial charge in [0.1, 0.15) is 5.56 Å². The Morgan fingerprint density at radius 3 is 2.44 bits per heavy atom. The maximum atomic E-state index is 13.5. The molecule has 0 fully saturated rings. The number of halogens is 4. The first-order chi connectivity index (χ1) is 16.7. The van der Waals surface area contributed by atoms with E-state index < -0.39 is 56.2 Å². The molecule has 2 heterocycles. The number of amides is 2. The van der Waals surface area contributed by atoms with Gasteiger partial charge in [-0.3, -0.25) is 9.59 Å². The summed E-state index contributed by atoms with van der Waals surface area (Å²) in [4.78, 5) is 31.9. The number of aromatic nitrogens is 2. The Kier molecular flexibility index (Phi) is 7.43. The lowest BCUT2D eigenvalue weighted by Crippen LogP contribution is -2.19. The van der Waals surface area contributed by atoms with E-state index in [0.29, 0.717) is 6.20 Å². The third-order valence-corrected chi connectivity index (χ3v) is 6.61. The number of anilines is 1.